The Hall–Kier alpha value is -9.52. The second kappa shape index (κ2) is 15.2. The standard InChI is InChI=1S/C65H42N6/c1-41-66-56(42-26-30-44(31-27-42)68-62-24-12-6-18-52(62)54-38-46(34-36-64(54)68)70-58-20-8-2-14-48(58)49-15-3-9-21-59(49)70)40-57(67-41)43-28-32-45(33-29-43)69-63-25-13-7-19-53(63)55-39-47(35-37-65(55)69)71-60-22-10-4-16-50(60)51-17-5-11-23-61(51)71/h2-40H,1H3. The summed E-state index contributed by atoms with van der Waals surface area (Å²) in [5, 5.41) is 9.92. The van der Waals surface area contributed by atoms with Crippen LogP contribution in [-0.4, -0.2) is 28.2 Å². The molecule has 71 heavy (non-hydrogen) atoms. The van der Waals surface area contributed by atoms with Gasteiger partial charge >= 0.3 is 0 Å². The highest BCUT2D eigenvalue weighted by molar-refractivity contribution is 6.14. The monoisotopic (exact) mass is 906 g/mol. The van der Waals surface area contributed by atoms with E-state index in [-0.39, 0.29) is 0 Å². The van der Waals surface area contributed by atoms with Crippen molar-refractivity contribution in [3.8, 4) is 45.3 Å². The van der Waals surface area contributed by atoms with Crippen molar-refractivity contribution in [3.63, 3.8) is 0 Å². The molecule has 0 bridgehead atoms. The zero-order valence-electron chi connectivity index (χ0n) is 38.7. The molecule has 0 aliphatic heterocycles. The molecule has 5 heterocycles. The van der Waals surface area contributed by atoms with Gasteiger partial charge in [0.15, 0.2) is 0 Å². The molecule has 5 aromatic heterocycles. The summed E-state index contributed by atoms with van der Waals surface area (Å²) in [4.78, 5) is 9.92. The van der Waals surface area contributed by atoms with Crippen LogP contribution in [0.3, 0.4) is 0 Å². The zero-order chi connectivity index (χ0) is 46.7. The van der Waals surface area contributed by atoms with Gasteiger partial charge in [0.1, 0.15) is 5.82 Å². The van der Waals surface area contributed by atoms with Crippen molar-refractivity contribution >= 4 is 87.2 Å². The van der Waals surface area contributed by atoms with Crippen LogP contribution in [-0.2, 0) is 0 Å². The predicted molar refractivity (Wildman–Crippen MR) is 295 cm³/mol. The van der Waals surface area contributed by atoms with Crippen molar-refractivity contribution in [2.75, 3.05) is 0 Å². The highest BCUT2D eigenvalue weighted by Gasteiger charge is 2.19. The minimum Gasteiger partial charge on any atom is -0.309 e. The third-order valence-electron chi connectivity index (χ3n) is 14.7. The highest BCUT2D eigenvalue weighted by atomic mass is 15.0. The van der Waals surface area contributed by atoms with E-state index >= 15 is 0 Å². The van der Waals surface area contributed by atoms with E-state index in [0.717, 1.165) is 62.1 Å². The number of benzene rings is 10. The fraction of sp³-hybridized carbons (Fsp3) is 0.0154. The Kier molecular flexibility index (Phi) is 8.47. The van der Waals surface area contributed by atoms with Gasteiger partial charge in [-0.15, -0.1) is 0 Å². The quantitative estimate of drug-likeness (QED) is 0.167. The Balaban J connectivity index is 0.770. The molecule has 0 radical (unpaired) electrons. The first-order valence-corrected chi connectivity index (χ1v) is 24.2. The molecule has 0 atom stereocenters. The molecule has 6 heteroatoms. The van der Waals surface area contributed by atoms with Gasteiger partial charge in [-0.2, -0.15) is 0 Å². The fourth-order valence-electron chi connectivity index (χ4n) is 11.6. The summed E-state index contributed by atoms with van der Waals surface area (Å²) >= 11 is 0. The molecule has 15 aromatic rings. The lowest BCUT2D eigenvalue weighted by Gasteiger charge is -2.12. The number of nitrogens with zero attached hydrogens (tertiary/aromatic N) is 6. The number of aryl methyl sites for hydroxylation is 1. The molecule has 0 saturated heterocycles. The second-order valence-electron chi connectivity index (χ2n) is 18.6. The average Bonchev–Trinajstić information content (AvgIpc) is 4.16. The van der Waals surface area contributed by atoms with E-state index in [0.29, 0.717) is 0 Å². The van der Waals surface area contributed by atoms with Crippen LogP contribution in [0.15, 0.2) is 237 Å². The summed E-state index contributed by atoms with van der Waals surface area (Å²) < 4.78 is 9.55. The summed E-state index contributed by atoms with van der Waals surface area (Å²) in [6, 6.07) is 85.7. The zero-order valence-corrected chi connectivity index (χ0v) is 38.7. The molecule has 0 saturated carbocycles. The normalized spacial score (nSPS) is 12.0. The SMILES string of the molecule is Cc1nc(-c2ccc(-n3c4ccccc4c4cc(-n5c6ccccc6c6ccccc65)ccc43)cc2)cc(-c2ccc(-n3c4ccccc4c4cc(-n5c6ccccc6c6ccccc65)ccc43)cc2)n1. The molecule has 0 amide bonds. The number of fused-ring (bicyclic) bond motifs is 12. The lowest BCUT2D eigenvalue weighted by atomic mass is 10.1. The highest BCUT2D eigenvalue weighted by Crippen LogP contribution is 2.40. The van der Waals surface area contributed by atoms with Crippen LogP contribution in [0.5, 0.6) is 0 Å². The van der Waals surface area contributed by atoms with E-state index in [4.69, 9.17) is 9.97 Å². The molecule has 0 aliphatic carbocycles. The van der Waals surface area contributed by atoms with Crippen LogP contribution < -0.4 is 0 Å². The Morgan fingerprint density at radius 1 is 0.239 bits per heavy atom. The lowest BCUT2D eigenvalue weighted by molar-refractivity contribution is 1.06. The van der Waals surface area contributed by atoms with E-state index < -0.39 is 0 Å². The van der Waals surface area contributed by atoms with E-state index in [9.17, 15) is 0 Å². The summed E-state index contributed by atoms with van der Waals surface area (Å²) in [6.45, 7) is 1.98. The Morgan fingerprint density at radius 2 is 0.493 bits per heavy atom. The third kappa shape index (κ3) is 5.95. The van der Waals surface area contributed by atoms with Gasteiger partial charge in [-0.05, 0) is 110 Å². The van der Waals surface area contributed by atoms with Crippen molar-refractivity contribution in [1.82, 2.24) is 28.2 Å². The first-order chi connectivity index (χ1) is 35.1. The Bertz CT molecular complexity index is 4240. The number of rotatable bonds is 6. The maximum Gasteiger partial charge on any atom is 0.126 e. The van der Waals surface area contributed by atoms with Gasteiger partial charge in [-0.1, -0.05) is 133 Å². The van der Waals surface area contributed by atoms with Crippen LogP contribution in [0.2, 0.25) is 0 Å². The van der Waals surface area contributed by atoms with Crippen molar-refractivity contribution in [3.05, 3.63) is 242 Å². The summed E-state index contributed by atoms with van der Waals surface area (Å²) in [5.41, 5.74) is 17.8. The maximum atomic E-state index is 4.96. The predicted octanol–water partition coefficient (Wildman–Crippen LogP) is 16.5. The molecule has 0 unspecified atom stereocenters. The van der Waals surface area contributed by atoms with Gasteiger partial charge in [0.05, 0.1) is 55.5 Å². The van der Waals surface area contributed by atoms with Crippen molar-refractivity contribution in [2.45, 2.75) is 6.92 Å². The molecular weight excluding hydrogens is 865 g/mol. The Labute approximate surface area is 408 Å². The fourth-order valence-corrected chi connectivity index (χ4v) is 11.6. The van der Waals surface area contributed by atoms with Crippen LogP contribution in [0.4, 0.5) is 0 Å². The number of hydrogen-bond acceptors (Lipinski definition) is 2. The second-order valence-corrected chi connectivity index (χ2v) is 18.6. The molecule has 0 N–H and O–H groups in total. The van der Waals surface area contributed by atoms with Gasteiger partial charge in [-0.25, -0.2) is 9.97 Å². The topological polar surface area (TPSA) is 45.5 Å². The van der Waals surface area contributed by atoms with Crippen molar-refractivity contribution in [1.29, 1.82) is 0 Å². The van der Waals surface area contributed by atoms with E-state index in [2.05, 4.69) is 255 Å². The molecule has 10 aromatic carbocycles. The smallest absolute Gasteiger partial charge is 0.126 e. The Morgan fingerprint density at radius 3 is 0.817 bits per heavy atom. The first kappa shape index (κ1) is 39.5. The van der Waals surface area contributed by atoms with Gasteiger partial charge < -0.3 is 18.3 Å². The molecule has 0 fully saturated rings. The van der Waals surface area contributed by atoms with E-state index in [1.54, 1.807) is 0 Å². The maximum absolute atomic E-state index is 4.96. The van der Waals surface area contributed by atoms with Crippen LogP contribution in [0, 0.1) is 6.92 Å². The van der Waals surface area contributed by atoms with Crippen LogP contribution in [0.25, 0.3) is 132 Å². The van der Waals surface area contributed by atoms with Gasteiger partial charge in [0, 0.05) is 77.0 Å². The molecule has 0 aliphatic rings. The molecular formula is C65H42N6. The van der Waals surface area contributed by atoms with Gasteiger partial charge in [0.2, 0.25) is 0 Å². The van der Waals surface area contributed by atoms with E-state index in [1.165, 1.54) is 76.2 Å². The number of para-hydroxylation sites is 6. The lowest BCUT2D eigenvalue weighted by Crippen LogP contribution is -1.98. The molecule has 332 valence electrons. The summed E-state index contributed by atoms with van der Waals surface area (Å²) in [7, 11) is 0. The number of aromatic nitrogens is 6. The largest absolute Gasteiger partial charge is 0.309 e. The van der Waals surface area contributed by atoms with Crippen molar-refractivity contribution < 1.29 is 0 Å². The summed E-state index contributed by atoms with van der Waals surface area (Å²) in [5.74, 6) is 0.730. The van der Waals surface area contributed by atoms with Gasteiger partial charge in [0.25, 0.3) is 0 Å². The third-order valence-corrected chi connectivity index (χ3v) is 14.7. The van der Waals surface area contributed by atoms with Gasteiger partial charge in [-0.3, -0.25) is 0 Å². The van der Waals surface area contributed by atoms with Crippen LogP contribution >= 0.6 is 0 Å². The van der Waals surface area contributed by atoms with Crippen molar-refractivity contribution in [2.24, 2.45) is 0 Å². The average molecular weight is 907 g/mol. The molecule has 0 spiro atoms. The minimum absolute atomic E-state index is 0.730. The number of hydrogen-bond donors (Lipinski definition) is 0. The first-order valence-electron chi connectivity index (χ1n) is 24.2. The van der Waals surface area contributed by atoms with E-state index in [1.807, 2.05) is 6.92 Å². The minimum atomic E-state index is 0.730. The summed E-state index contributed by atoms with van der Waals surface area (Å²) in [6.07, 6.45) is 0. The molecule has 15 rings (SSSR count). The molecule has 6 nitrogen and oxygen atoms in total. The van der Waals surface area contributed by atoms with Crippen LogP contribution in [0.1, 0.15) is 5.82 Å².